The highest BCUT2D eigenvalue weighted by atomic mass is 32.2. The fraction of sp³-hybridized carbons (Fsp3) is 0.462. The molecule has 1 saturated carbocycles. The van der Waals surface area contributed by atoms with E-state index in [0.717, 1.165) is 19.3 Å². The summed E-state index contributed by atoms with van der Waals surface area (Å²) in [5, 5.41) is 0.508. The van der Waals surface area contributed by atoms with Crippen molar-refractivity contribution in [2.24, 2.45) is 0 Å². The number of thioether (sulfide) groups is 1. The number of carbonyl (C=O) groups excluding carboxylic acids is 1. The number of hydrogen-bond donors (Lipinski definition) is 0. The van der Waals surface area contributed by atoms with Gasteiger partial charge in [0, 0.05) is 23.0 Å². The molecule has 0 unspecified atom stereocenters. The number of ketones is 1. The van der Waals surface area contributed by atoms with Gasteiger partial charge in [0.1, 0.15) is 5.78 Å². The molecular weight excluding hydrogens is 204 g/mol. The molecule has 0 aliphatic heterocycles. The second kappa shape index (κ2) is 4.84. The zero-order valence-corrected chi connectivity index (χ0v) is 9.85. The van der Waals surface area contributed by atoms with Crippen LogP contribution in [0.5, 0.6) is 0 Å². The summed E-state index contributed by atoms with van der Waals surface area (Å²) < 4.78 is 0. The number of benzene rings is 1. The van der Waals surface area contributed by atoms with Crippen molar-refractivity contribution in [3.8, 4) is 0 Å². The summed E-state index contributed by atoms with van der Waals surface area (Å²) in [5.41, 5.74) is 1.29. The van der Waals surface area contributed by atoms with E-state index in [1.165, 1.54) is 16.9 Å². The highest BCUT2D eigenvalue weighted by molar-refractivity contribution is 8.00. The van der Waals surface area contributed by atoms with Crippen molar-refractivity contribution >= 4 is 17.5 Å². The Bertz CT molecular complexity index is 342. The number of carbonyl (C=O) groups is 1. The molecule has 80 valence electrons. The average Bonchev–Trinajstić information content (AvgIpc) is 2.22. The predicted octanol–water partition coefficient (Wildman–Crippen LogP) is 3.60. The Kier molecular flexibility index (Phi) is 3.47. The van der Waals surface area contributed by atoms with Crippen molar-refractivity contribution in [3.05, 3.63) is 29.8 Å². The molecule has 0 N–H and O–H groups in total. The Labute approximate surface area is 95.3 Å². The minimum atomic E-state index is 0.436. The molecule has 0 aromatic heterocycles. The van der Waals surface area contributed by atoms with Gasteiger partial charge in [0.25, 0.3) is 0 Å². The maximum absolute atomic E-state index is 11.3. The Morgan fingerprint density at radius 3 is 2.67 bits per heavy atom. The van der Waals surface area contributed by atoms with Crippen molar-refractivity contribution in [1.29, 1.82) is 0 Å². The molecule has 0 bridgehead atoms. The van der Waals surface area contributed by atoms with Crippen LogP contribution in [-0.4, -0.2) is 11.0 Å². The summed E-state index contributed by atoms with van der Waals surface area (Å²) in [5.74, 6) is 0.436. The van der Waals surface area contributed by atoms with Crippen molar-refractivity contribution in [3.63, 3.8) is 0 Å². The summed E-state index contributed by atoms with van der Waals surface area (Å²) in [6.07, 6.45) is 3.82. The first-order chi connectivity index (χ1) is 7.24. The topological polar surface area (TPSA) is 17.1 Å². The maximum Gasteiger partial charge on any atom is 0.134 e. The minimum Gasteiger partial charge on any atom is -0.300 e. The van der Waals surface area contributed by atoms with Gasteiger partial charge in [0.15, 0.2) is 0 Å². The molecule has 0 saturated heterocycles. The average molecular weight is 220 g/mol. The summed E-state index contributed by atoms with van der Waals surface area (Å²) >= 11 is 1.86. The molecule has 2 heteroatoms. The molecule has 15 heavy (non-hydrogen) atoms. The van der Waals surface area contributed by atoms with Gasteiger partial charge in [-0.1, -0.05) is 17.7 Å². The van der Waals surface area contributed by atoms with Crippen molar-refractivity contribution in [2.75, 3.05) is 0 Å². The van der Waals surface area contributed by atoms with Gasteiger partial charge in [-0.25, -0.2) is 0 Å². The minimum absolute atomic E-state index is 0.436. The van der Waals surface area contributed by atoms with Gasteiger partial charge in [-0.15, -0.1) is 11.8 Å². The Morgan fingerprint density at radius 2 is 2.00 bits per heavy atom. The van der Waals surface area contributed by atoms with Gasteiger partial charge >= 0.3 is 0 Å². The van der Waals surface area contributed by atoms with E-state index in [4.69, 9.17) is 0 Å². The van der Waals surface area contributed by atoms with E-state index in [0.29, 0.717) is 11.0 Å². The van der Waals surface area contributed by atoms with Crippen LogP contribution >= 0.6 is 11.8 Å². The molecule has 1 aromatic rings. The lowest BCUT2D eigenvalue weighted by Crippen LogP contribution is -2.16. The van der Waals surface area contributed by atoms with Crippen molar-refractivity contribution in [2.45, 2.75) is 42.8 Å². The van der Waals surface area contributed by atoms with E-state index >= 15 is 0 Å². The van der Waals surface area contributed by atoms with Gasteiger partial charge in [-0.3, -0.25) is 4.79 Å². The van der Waals surface area contributed by atoms with Crippen LogP contribution in [0.15, 0.2) is 29.2 Å². The zero-order valence-electron chi connectivity index (χ0n) is 9.03. The van der Waals surface area contributed by atoms with Crippen LogP contribution in [0.25, 0.3) is 0 Å². The lowest BCUT2D eigenvalue weighted by Gasteiger charge is -2.20. The molecule has 0 spiro atoms. The second-order valence-electron chi connectivity index (χ2n) is 4.19. The third-order valence-electron chi connectivity index (χ3n) is 2.76. The summed E-state index contributed by atoms with van der Waals surface area (Å²) in [6.45, 7) is 2.10. The first-order valence-corrected chi connectivity index (χ1v) is 6.37. The summed E-state index contributed by atoms with van der Waals surface area (Å²) in [4.78, 5) is 12.6. The van der Waals surface area contributed by atoms with E-state index < -0.39 is 0 Å². The highest BCUT2D eigenvalue weighted by Gasteiger charge is 2.19. The summed E-state index contributed by atoms with van der Waals surface area (Å²) in [7, 11) is 0. The van der Waals surface area contributed by atoms with Crippen LogP contribution in [0.3, 0.4) is 0 Å². The maximum atomic E-state index is 11.3. The third-order valence-corrected chi connectivity index (χ3v) is 4.04. The molecule has 1 atom stereocenters. The summed E-state index contributed by atoms with van der Waals surface area (Å²) in [6, 6.07) is 8.57. The van der Waals surface area contributed by atoms with E-state index in [1.54, 1.807) is 0 Å². The van der Waals surface area contributed by atoms with Crippen LogP contribution in [-0.2, 0) is 4.79 Å². The van der Waals surface area contributed by atoms with Crippen LogP contribution < -0.4 is 0 Å². The molecule has 0 radical (unpaired) electrons. The second-order valence-corrected chi connectivity index (χ2v) is 5.56. The van der Waals surface area contributed by atoms with Gasteiger partial charge in [-0.05, 0) is 31.9 Å². The molecule has 0 amide bonds. The SMILES string of the molecule is Cc1ccc(S[C@@H]2CCCC(=O)C2)cc1. The molecule has 1 aliphatic rings. The molecular formula is C13H16OS. The van der Waals surface area contributed by atoms with E-state index in [1.807, 2.05) is 11.8 Å². The fourth-order valence-electron chi connectivity index (χ4n) is 1.89. The predicted molar refractivity (Wildman–Crippen MR) is 64.3 cm³/mol. The first kappa shape index (κ1) is 10.7. The highest BCUT2D eigenvalue weighted by Crippen LogP contribution is 2.32. The van der Waals surface area contributed by atoms with Crippen molar-refractivity contribution in [1.82, 2.24) is 0 Å². The van der Waals surface area contributed by atoms with E-state index in [2.05, 4.69) is 31.2 Å². The quantitative estimate of drug-likeness (QED) is 0.757. The first-order valence-electron chi connectivity index (χ1n) is 5.49. The largest absolute Gasteiger partial charge is 0.300 e. The molecule has 1 nitrogen and oxygen atoms in total. The van der Waals surface area contributed by atoms with Gasteiger partial charge < -0.3 is 0 Å². The lowest BCUT2D eigenvalue weighted by molar-refractivity contribution is -0.120. The molecule has 1 fully saturated rings. The third kappa shape index (κ3) is 3.10. The smallest absolute Gasteiger partial charge is 0.134 e. The Balaban J connectivity index is 1.96. The number of Topliss-reactive ketones (excluding diaryl/α,β-unsaturated/α-hetero) is 1. The Hall–Kier alpha value is -0.760. The van der Waals surface area contributed by atoms with Gasteiger partial charge in [0.05, 0.1) is 0 Å². The van der Waals surface area contributed by atoms with Gasteiger partial charge in [0.2, 0.25) is 0 Å². The van der Waals surface area contributed by atoms with Gasteiger partial charge in [-0.2, -0.15) is 0 Å². The molecule has 0 heterocycles. The number of rotatable bonds is 2. The van der Waals surface area contributed by atoms with E-state index in [9.17, 15) is 4.79 Å². The normalized spacial score (nSPS) is 21.7. The lowest BCUT2D eigenvalue weighted by atomic mass is 9.99. The number of hydrogen-bond acceptors (Lipinski definition) is 2. The molecule has 1 aromatic carbocycles. The van der Waals surface area contributed by atoms with Crippen molar-refractivity contribution < 1.29 is 4.79 Å². The number of aryl methyl sites for hydroxylation is 1. The van der Waals surface area contributed by atoms with Crippen LogP contribution in [0.2, 0.25) is 0 Å². The van der Waals surface area contributed by atoms with Crippen LogP contribution in [0.1, 0.15) is 31.2 Å². The monoisotopic (exact) mass is 220 g/mol. The Morgan fingerprint density at radius 1 is 1.27 bits per heavy atom. The fourth-order valence-corrected chi connectivity index (χ4v) is 3.13. The van der Waals surface area contributed by atoms with Crippen LogP contribution in [0.4, 0.5) is 0 Å². The standard InChI is InChI=1S/C13H16OS/c1-10-5-7-12(8-6-10)15-13-4-2-3-11(14)9-13/h5-8,13H,2-4,9H2,1H3/t13-/m1/s1. The van der Waals surface area contributed by atoms with E-state index in [-0.39, 0.29) is 0 Å². The molecule has 2 rings (SSSR count). The van der Waals surface area contributed by atoms with Crippen LogP contribution in [0, 0.1) is 6.92 Å². The zero-order chi connectivity index (χ0) is 10.7. The molecule has 1 aliphatic carbocycles.